The quantitative estimate of drug-likeness (QED) is 0.801. The van der Waals surface area contributed by atoms with E-state index in [1.807, 2.05) is 5.38 Å². The van der Waals surface area contributed by atoms with Crippen LogP contribution in [0.2, 0.25) is 0 Å². The number of carbonyl (C=O) groups is 2. The Morgan fingerprint density at radius 2 is 1.96 bits per heavy atom. The van der Waals surface area contributed by atoms with Gasteiger partial charge in [0.05, 0.1) is 5.69 Å². The van der Waals surface area contributed by atoms with E-state index >= 15 is 0 Å². The molecule has 2 heterocycles. The van der Waals surface area contributed by atoms with Gasteiger partial charge < -0.3 is 14.8 Å². The predicted octanol–water partition coefficient (Wildman–Crippen LogP) is 3.39. The van der Waals surface area contributed by atoms with Crippen LogP contribution in [0.25, 0.3) is 0 Å². The molecule has 7 heteroatoms. The second-order valence-electron chi connectivity index (χ2n) is 6.18. The number of fused-ring (bicyclic) bond motifs is 1. The van der Waals surface area contributed by atoms with E-state index < -0.39 is 0 Å². The molecule has 4 rings (SSSR count). The number of anilines is 1. The number of hydrogen-bond donors (Lipinski definition) is 1. The summed E-state index contributed by atoms with van der Waals surface area (Å²) in [4.78, 5) is 28.8. The van der Waals surface area contributed by atoms with E-state index in [4.69, 9.17) is 9.47 Å². The smallest absolute Gasteiger partial charge is 0.226 e. The van der Waals surface area contributed by atoms with Crippen molar-refractivity contribution in [2.45, 2.75) is 31.6 Å². The van der Waals surface area contributed by atoms with Gasteiger partial charge in [-0.3, -0.25) is 9.59 Å². The number of benzene rings is 1. The van der Waals surface area contributed by atoms with Crippen molar-refractivity contribution in [1.82, 2.24) is 4.98 Å². The molecule has 1 aromatic carbocycles. The van der Waals surface area contributed by atoms with E-state index in [0.717, 1.165) is 5.69 Å². The standard InChI is InChI=1S/C18H18N2O4S/c21-14(12-3-5-15-16(9-12)24-8-7-23-15)4-6-17(22)20-18-19-13(10-25-18)11-1-2-11/h3,5,9-11H,1-2,4,6-8H2,(H,19,20,22). The van der Waals surface area contributed by atoms with Crippen molar-refractivity contribution in [3.8, 4) is 11.5 Å². The van der Waals surface area contributed by atoms with Crippen LogP contribution in [0.4, 0.5) is 5.13 Å². The molecule has 0 unspecified atom stereocenters. The summed E-state index contributed by atoms with van der Waals surface area (Å²) in [6.07, 6.45) is 2.64. The molecule has 1 aliphatic heterocycles. The first-order valence-electron chi connectivity index (χ1n) is 8.37. The van der Waals surface area contributed by atoms with Crippen LogP contribution in [0.3, 0.4) is 0 Å². The van der Waals surface area contributed by atoms with Crippen molar-refractivity contribution in [1.29, 1.82) is 0 Å². The number of amides is 1. The van der Waals surface area contributed by atoms with Gasteiger partial charge >= 0.3 is 0 Å². The number of carbonyl (C=O) groups excluding carboxylic acids is 2. The van der Waals surface area contributed by atoms with E-state index in [2.05, 4.69) is 10.3 Å². The van der Waals surface area contributed by atoms with Gasteiger partial charge in [0, 0.05) is 29.7 Å². The van der Waals surface area contributed by atoms with Crippen molar-refractivity contribution in [3.05, 3.63) is 34.8 Å². The molecular weight excluding hydrogens is 340 g/mol. The Balaban J connectivity index is 1.30. The number of thiazole rings is 1. The Morgan fingerprint density at radius 1 is 1.16 bits per heavy atom. The Morgan fingerprint density at radius 3 is 2.76 bits per heavy atom. The Bertz CT molecular complexity index is 813. The maximum Gasteiger partial charge on any atom is 0.226 e. The lowest BCUT2D eigenvalue weighted by molar-refractivity contribution is -0.116. The third kappa shape index (κ3) is 3.82. The summed E-state index contributed by atoms with van der Waals surface area (Å²) >= 11 is 1.43. The fraction of sp³-hybridized carbons (Fsp3) is 0.389. The van der Waals surface area contributed by atoms with Crippen molar-refractivity contribution in [3.63, 3.8) is 0 Å². The highest BCUT2D eigenvalue weighted by Gasteiger charge is 2.26. The van der Waals surface area contributed by atoms with Gasteiger partial charge in [-0.1, -0.05) is 0 Å². The second kappa shape index (κ2) is 6.84. The van der Waals surface area contributed by atoms with E-state index in [0.29, 0.717) is 41.3 Å². The normalized spacial score (nSPS) is 15.7. The van der Waals surface area contributed by atoms with E-state index in [1.54, 1.807) is 18.2 Å². The van der Waals surface area contributed by atoms with Gasteiger partial charge in [0.15, 0.2) is 22.4 Å². The van der Waals surface area contributed by atoms with Gasteiger partial charge in [0.2, 0.25) is 5.91 Å². The summed E-state index contributed by atoms with van der Waals surface area (Å²) in [5.41, 5.74) is 1.59. The zero-order valence-electron chi connectivity index (χ0n) is 13.6. The molecule has 1 amide bonds. The fourth-order valence-corrected chi connectivity index (χ4v) is 3.49. The number of aromatic nitrogens is 1. The molecule has 6 nitrogen and oxygen atoms in total. The Hall–Kier alpha value is -2.41. The van der Waals surface area contributed by atoms with Gasteiger partial charge in [0.25, 0.3) is 0 Å². The molecule has 25 heavy (non-hydrogen) atoms. The van der Waals surface area contributed by atoms with Crippen LogP contribution in [-0.2, 0) is 4.79 Å². The highest BCUT2D eigenvalue weighted by molar-refractivity contribution is 7.13. The predicted molar refractivity (Wildman–Crippen MR) is 93.7 cm³/mol. The third-order valence-electron chi connectivity index (χ3n) is 4.21. The molecule has 0 spiro atoms. The number of hydrogen-bond acceptors (Lipinski definition) is 6. The Kier molecular flexibility index (Phi) is 4.40. The molecule has 1 aromatic heterocycles. The Labute approximate surface area is 149 Å². The fourth-order valence-electron chi connectivity index (χ4n) is 2.68. The van der Waals surface area contributed by atoms with Crippen LogP contribution in [0, 0.1) is 0 Å². The zero-order chi connectivity index (χ0) is 17.2. The molecule has 2 aliphatic rings. The highest BCUT2D eigenvalue weighted by Crippen LogP contribution is 2.40. The molecule has 130 valence electrons. The molecule has 1 aliphatic carbocycles. The van der Waals surface area contributed by atoms with Crippen molar-refractivity contribution in [2.24, 2.45) is 0 Å². The van der Waals surface area contributed by atoms with Gasteiger partial charge in [0.1, 0.15) is 13.2 Å². The summed E-state index contributed by atoms with van der Waals surface area (Å²) in [5, 5.41) is 5.38. The largest absolute Gasteiger partial charge is 0.486 e. The minimum atomic E-state index is -0.192. The van der Waals surface area contributed by atoms with Gasteiger partial charge in [-0.05, 0) is 31.0 Å². The summed E-state index contributed by atoms with van der Waals surface area (Å²) in [6, 6.07) is 5.12. The molecule has 0 radical (unpaired) electrons. The number of ketones is 1. The van der Waals surface area contributed by atoms with Crippen LogP contribution in [0.1, 0.15) is 47.7 Å². The minimum absolute atomic E-state index is 0.0927. The summed E-state index contributed by atoms with van der Waals surface area (Å²) in [5.74, 6) is 1.51. The lowest BCUT2D eigenvalue weighted by Crippen LogP contribution is -2.16. The van der Waals surface area contributed by atoms with Crippen LogP contribution in [-0.4, -0.2) is 29.9 Å². The lowest BCUT2D eigenvalue weighted by atomic mass is 10.1. The lowest BCUT2D eigenvalue weighted by Gasteiger charge is -2.18. The number of rotatable bonds is 6. The molecule has 0 saturated heterocycles. The minimum Gasteiger partial charge on any atom is -0.486 e. The first kappa shape index (κ1) is 16.1. The van der Waals surface area contributed by atoms with Crippen molar-refractivity contribution in [2.75, 3.05) is 18.5 Å². The van der Waals surface area contributed by atoms with E-state index in [9.17, 15) is 9.59 Å². The first-order chi connectivity index (χ1) is 12.2. The summed E-state index contributed by atoms with van der Waals surface area (Å²) < 4.78 is 10.9. The summed E-state index contributed by atoms with van der Waals surface area (Å²) in [6.45, 7) is 0.989. The summed E-state index contributed by atoms with van der Waals surface area (Å²) in [7, 11) is 0. The number of nitrogens with one attached hydrogen (secondary N) is 1. The van der Waals surface area contributed by atoms with Crippen LogP contribution < -0.4 is 14.8 Å². The average molecular weight is 358 g/mol. The van der Waals surface area contributed by atoms with E-state index in [1.165, 1.54) is 24.2 Å². The topological polar surface area (TPSA) is 77.5 Å². The van der Waals surface area contributed by atoms with Crippen molar-refractivity contribution >= 4 is 28.2 Å². The SMILES string of the molecule is O=C(CCC(=O)c1ccc2c(c1)OCCO2)Nc1nc(C2CC2)cs1. The maximum atomic E-state index is 12.3. The molecule has 0 bridgehead atoms. The number of nitrogens with zero attached hydrogens (tertiary/aromatic N) is 1. The second-order valence-corrected chi connectivity index (χ2v) is 7.04. The first-order valence-corrected chi connectivity index (χ1v) is 9.25. The van der Waals surface area contributed by atoms with Crippen molar-refractivity contribution < 1.29 is 19.1 Å². The highest BCUT2D eigenvalue weighted by atomic mass is 32.1. The number of ether oxygens (including phenoxy) is 2. The molecule has 1 N–H and O–H groups in total. The monoisotopic (exact) mass is 358 g/mol. The van der Waals surface area contributed by atoms with Gasteiger partial charge in [-0.25, -0.2) is 4.98 Å². The van der Waals surface area contributed by atoms with Crippen LogP contribution in [0.5, 0.6) is 11.5 Å². The van der Waals surface area contributed by atoms with Crippen LogP contribution >= 0.6 is 11.3 Å². The molecule has 1 fully saturated rings. The molecule has 1 saturated carbocycles. The third-order valence-corrected chi connectivity index (χ3v) is 4.98. The molecular formula is C18H18N2O4S. The maximum absolute atomic E-state index is 12.3. The van der Waals surface area contributed by atoms with Gasteiger partial charge in [-0.15, -0.1) is 11.3 Å². The van der Waals surface area contributed by atoms with E-state index in [-0.39, 0.29) is 24.5 Å². The number of Topliss-reactive ketones (excluding diaryl/α,β-unsaturated/α-hetero) is 1. The average Bonchev–Trinajstić information content (AvgIpc) is 3.39. The van der Waals surface area contributed by atoms with Crippen LogP contribution in [0.15, 0.2) is 23.6 Å². The molecule has 2 aromatic rings. The zero-order valence-corrected chi connectivity index (χ0v) is 14.4. The molecule has 0 atom stereocenters. The van der Waals surface area contributed by atoms with Gasteiger partial charge in [-0.2, -0.15) is 0 Å².